The normalized spacial score (nSPS) is 11.5. The van der Waals surface area contributed by atoms with Crippen molar-refractivity contribution in [2.45, 2.75) is 26.0 Å². The van der Waals surface area contributed by atoms with Crippen molar-refractivity contribution in [2.24, 2.45) is 0 Å². The van der Waals surface area contributed by atoms with Crippen LogP contribution >= 0.6 is 11.8 Å². The molecule has 0 aliphatic heterocycles. The monoisotopic (exact) mass is 372 g/mol. The summed E-state index contributed by atoms with van der Waals surface area (Å²) in [7, 11) is 0. The molecule has 0 saturated carbocycles. The topological polar surface area (TPSA) is 67.4 Å². The number of nitrogens with one attached hydrogen (secondary N) is 2. The van der Waals surface area contributed by atoms with Gasteiger partial charge < -0.3 is 15.4 Å². The smallest absolute Gasteiger partial charge is 0.237 e. The van der Waals surface area contributed by atoms with Crippen molar-refractivity contribution in [3.05, 3.63) is 54.1 Å². The Kier molecular flexibility index (Phi) is 7.53. The van der Waals surface area contributed by atoms with E-state index in [0.29, 0.717) is 18.0 Å². The molecule has 0 bridgehead atoms. The standard InChI is InChI=1S/C20H24N2O3S/c1-4-25-18-8-6-5-7-17(18)22-20(24)15(3)26-13-19(23)21-16-11-9-14(2)10-12-16/h5-12,15H,4,13H2,1-3H3,(H,21,23)(H,22,24)/t15-/m0/s1. The van der Waals surface area contributed by atoms with Gasteiger partial charge in [0.05, 0.1) is 23.3 Å². The third-order valence-electron chi connectivity index (χ3n) is 3.61. The van der Waals surface area contributed by atoms with Crippen LogP contribution in [0.15, 0.2) is 48.5 Å². The van der Waals surface area contributed by atoms with Gasteiger partial charge in [-0.2, -0.15) is 0 Å². The minimum Gasteiger partial charge on any atom is -0.492 e. The van der Waals surface area contributed by atoms with Crippen LogP contribution in [0.4, 0.5) is 11.4 Å². The molecule has 2 aromatic rings. The van der Waals surface area contributed by atoms with Crippen LogP contribution in [-0.2, 0) is 9.59 Å². The Morgan fingerprint density at radius 2 is 1.77 bits per heavy atom. The average Bonchev–Trinajstić information content (AvgIpc) is 2.63. The molecule has 2 amide bonds. The molecule has 0 aliphatic carbocycles. The molecule has 0 unspecified atom stereocenters. The molecule has 2 N–H and O–H groups in total. The highest BCUT2D eigenvalue weighted by atomic mass is 32.2. The van der Waals surface area contributed by atoms with Crippen LogP contribution in [0.2, 0.25) is 0 Å². The van der Waals surface area contributed by atoms with Gasteiger partial charge in [-0.25, -0.2) is 0 Å². The predicted molar refractivity (Wildman–Crippen MR) is 108 cm³/mol. The van der Waals surface area contributed by atoms with Gasteiger partial charge in [0.2, 0.25) is 11.8 Å². The summed E-state index contributed by atoms with van der Waals surface area (Å²) >= 11 is 1.29. The van der Waals surface area contributed by atoms with Gasteiger partial charge in [0.1, 0.15) is 5.75 Å². The summed E-state index contributed by atoms with van der Waals surface area (Å²) in [5, 5.41) is 5.32. The molecule has 0 radical (unpaired) electrons. The molecule has 0 saturated heterocycles. The van der Waals surface area contributed by atoms with E-state index in [1.54, 1.807) is 13.0 Å². The first kappa shape index (κ1) is 19.8. The molecule has 26 heavy (non-hydrogen) atoms. The number of hydrogen-bond acceptors (Lipinski definition) is 4. The molecule has 1 atom stereocenters. The SMILES string of the molecule is CCOc1ccccc1NC(=O)[C@H](C)SCC(=O)Nc1ccc(C)cc1. The summed E-state index contributed by atoms with van der Waals surface area (Å²) in [4.78, 5) is 24.4. The van der Waals surface area contributed by atoms with Crippen molar-refractivity contribution in [3.63, 3.8) is 0 Å². The van der Waals surface area contributed by atoms with Crippen LogP contribution in [0.3, 0.4) is 0 Å². The molecule has 0 fully saturated rings. The van der Waals surface area contributed by atoms with Crippen LogP contribution in [0, 0.1) is 6.92 Å². The summed E-state index contributed by atoms with van der Waals surface area (Å²) < 4.78 is 5.50. The third-order valence-corrected chi connectivity index (χ3v) is 4.76. The largest absolute Gasteiger partial charge is 0.492 e. The molecule has 5 nitrogen and oxygen atoms in total. The lowest BCUT2D eigenvalue weighted by atomic mass is 10.2. The van der Waals surface area contributed by atoms with Crippen LogP contribution in [-0.4, -0.2) is 29.4 Å². The van der Waals surface area contributed by atoms with Gasteiger partial charge >= 0.3 is 0 Å². The molecular weight excluding hydrogens is 348 g/mol. The zero-order valence-electron chi connectivity index (χ0n) is 15.2. The second-order valence-electron chi connectivity index (χ2n) is 5.79. The van der Waals surface area contributed by atoms with E-state index < -0.39 is 0 Å². The maximum absolute atomic E-state index is 12.4. The van der Waals surface area contributed by atoms with E-state index >= 15 is 0 Å². The van der Waals surface area contributed by atoms with Gasteiger partial charge in [0.25, 0.3) is 0 Å². The Morgan fingerprint density at radius 1 is 1.08 bits per heavy atom. The van der Waals surface area contributed by atoms with Crippen LogP contribution in [0.25, 0.3) is 0 Å². The lowest BCUT2D eigenvalue weighted by Gasteiger charge is -2.14. The van der Waals surface area contributed by atoms with E-state index in [-0.39, 0.29) is 22.8 Å². The second kappa shape index (κ2) is 9.87. The van der Waals surface area contributed by atoms with Crippen LogP contribution < -0.4 is 15.4 Å². The number of carbonyl (C=O) groups is 2. The average molecular weight is 372 g/mol. The number of benzene rings is 2. The first-order chi connectivity index (χ1) is 12.5. The molecule has 0 spiro atoms. The molecular formula is C20H24N2O3S. The highest BCUT2D eigenvalue weighted by Crippen LogP contribution is 2.25. The second-order valence-corrected chi connectivity index (χ2v) is 7.11. The lowest BCUT2D eigenvalue weighted by Crippen LogP contribution is -2.25. The number of anilines is 2. The van der Waals surface area contributed by atoms with Crippen LogP contribution in [0.5, 0.6) is 5.75 Å². The Hall–Kier alpha value is -2.47. The van der Waals surface area contributed by atoms with Crippen molar-refractivity contribution in [1.29, 1.82) is 0 Å². The van der Waals surface area contributed by atoms with Crippen molar-refractivity contribution in [3.8, 4) is 5.75 Å². The van der Waals surface area contributed by atoms with Crippen molar-refractivity contribution >= 4 is 35.0 Å². The summed E-state index contributed by atoms with van der Waals surface area (Å²) in [5.74, 6) is 0.548. The fourth-order valence-corrected chi connectivity index (χ4v) is 2.88. The molecule has 0 heterocycles. The zero-order chi connectivity index (χ0) is 18.9. The lowest BCUT2D eigenvalue weighted by molar-refractivity contribution is -0.115. The maximum atomic E-state index is 12.4. The predicted octanol–water partition coefficient (Wildman–Crippen LogP) is 4.09. The maximum Gasteiger partial charge on any atom is 0.237 e. The quantitative estimate of drug-likeness (QED) is 0.732. The number of carbonyl (C=O) groups excluding carboxylic acids is 2. The summed E-state index contributed by atoms with van der Waals surface area (Å²) in [5.41, 5.74) is 2.52. The molecule has 2 rings (SSSR count). The Labute approximate surface area is 158 Å². The van der Waals surface area contributed by atoms with Gasteiger partial charge in [-0.1, -0.05) is 29.8 Å². The van der Waals surface area contributed by atoms with E-state index in [1.807, 2.05) is 56.3 Å². The number of aryl methyl sites for hydroxylation is 1. The fraction of sp³-hybridized carbons (Fsp3) is 0.300. The number of amides is 2. The fourth-order valence-electron chi connectivity index (χ4n) is 2.20. The minimum absolute atomic E-state index is 0.131. The Bertz CT molecular complexity index is 747. The van der Waals surface area contributed by atoms with Gasteiger partial charge in [-0.15, -0.1) is 11.8 Å². The zero-order valence-corrected chi connectivity index (χ0v) is 16.1. The number of rotatable bonds is 8. The first-order valence-electron chi connectivity index (χ1n) is 8.50. The number of ether oxygens (including phenoxy) is 1. The van der Waals surface area contributed by atoms with Crippen LogP contribution in [0.1, 0.15) is 19.4 Å². The molecule has 0 aromatic heterocycles. The van der Waals surface area contributed by atoms with Crippen molar-refractivity contribution in [2.75, 3.05) is 23.0 Å². The summed E-state index contributed by atoms with van der Waals surface area (Å²) in [6.07, 6.45) is 0. The Morgan fingerprint density at radius 3 is 2.46 bits per heavy atom. The van der Waals surface area contributed by atoms with E-state index in [9.17, 15) is 9.59 Å². The van der Waals surface area contributed by atoms with Gasteiger partial charge in [0.15, 0.2) is 0 Å². The number of hydrogen-bond donors (Lipinski definition) is 2. The van der Waals surface area contributed by atoms with Crippen molar-refractivity contribution < 1.29 is 14.3 Å². The minimum atomic E-state index is -0.367. The van der Waals surface area contributed by atoms with E-state index in [0.717, 1.165) is 11.3 Å². The molecule has 6 heteroatoms. The Balaban J connectivity index is 1.83. The number of thioether (sulfide) groups is 1. The van der Waals surface area contributed by atoms with E-state index in [4.69, 9.17) is 4.74 Å². The van der Waals surface area contributed by atoms with Gasteiger partial charge in [-0.3, -0.25) is 9.59 Å². The van der Waals surface area contributed by atoms with E-state index in [1.165, 1.54) is 11.8 Å². The third kappa shape index (κ3) is 6.11. The summed E-state index contributed by atoms with van der Waals surface area (Å²) in [6, 6.07) is 14.9. The molecule has 2 aromatic carbocycles. The summed E-state index contributed by atoms with van der Waals surface area (Å²) in [6.45, 7) is 6.19. The van der Waals surface area contributed by atoms with Gasteiger partial charge in [-0.05, 0) is 45.0 Å². The van der Waals surface area contributed by atoms with Crippen molar-refractivity contribution in [1.82, 2.24) is 0 Å². The highest BCUT2D eigenvalue weighted by Gasteiger charge is 2.17. The highest BCUT2D eigenvalue weighted by molar-refractivity contribution is 8.01. The number of para-hydroxylation sites is 2. The molecule has 0 aliphatic rings. The first-order valence-corrected chi connectivity index (χ1v) is 9.55. The van der Waals surface area contributed by atoms with Gasteiger partial charge in [0, 0.05) is 5.69 Å². The molecule has 138 valence electrons. The van der Waals surface area contributed by atoms with E-state index in [2.05, 4.69) is 10.6 Å².